The zero-order valence-corrected chi connectivity index (χ0v) is 11.5. The topological polar surface area (TPSA) is 54.5 Å². The van der Waals surface area contributed by atoms with Crippen LogP contribution in [0.2, 0.25) is 0 Å². The lowest BCUT2D eigenvalue weighted by atomic mass is 10.2. The molecule has 0 radical (unpaired) electrons. The summed E-state index contributed by atoms with van der Waals surface area (Å²) in [4.78, 5) is 17.7. The van der Waals surface area contributed by atoms with Crippen molar-refractivity contribution in [2.24, 2.45) is 0 Å². The molecule has 1 saturated heterocycles. The first-order valence-corrected chi connectivity index (χ1v) is 6.51. The summed E-state index contributed by atoms with van der Waals surface area (Å²) < 4.78 is 41.4. The van der Waals surface area contributed by atoms with Crippen molar-refractivity contribution in [3.63, 3.8) is 0 Å². The predicted molar refractivity (Wildman–Crippen MR) is 69.2 cm³/mol. The second kappa shape index (κ2) is 6.30. The SMILES string of the molecule is CN(C(=O)c1ncccc1OCC(F)(F)F)C1CCNC1. The molecule has 0 bridgehead atoms. The Kier molecular flexibility index (Phi) is 4.66. The van der Waals surface area contributed by atoms with E-state index in [4.69, 9.17) is 0 Å². The second-order valence-electron chi connectivity index (χ2n) is 4.82. The highest BCUT2D eigenvalue weighted by molar-refractivity contribution is 5.95. The fourth-order valence-corrected chi connectivity index (χ4v) is 2.13. The minimum atomic E-state index is -4.46. The first-order chi connectivity index (χ1) is 9.88. The molecule has 1 N–H and O–H groups in total. The lowest BCUT2D eigenvalue weighted by molar-refractivity contribution is -0.153. The maximum atomic E-state index is 12.4. The van der Waals surface area contributed by atoms with E-state index in [1.54, 1.807) is 7.05 Å². The Morgan fingerprint density at radius 3 is 2.95 bits per heavy atom. The molecule has 8 heteroatoms. The molecule has 116 valence electrons. The van der Waals surface area contributed by atoms with Gasteiger partial charge in [0.25, 0.3) is 5.91 Å². The molecule has 1 fully saturated rings. The van der Waals surface area contributed by atoms with Crippen LogP contribution < -0.4 is 10.1 Å². The van der Waals surface area contributed by atoms with Gasteiger partial charge in [-0.25, -0.2) is 4.98 Å². The molecule has 0 saturated carbocycles. The van der Waals surface area contributed by atoms with Gasteiger partial charge in [-0.1, -0.05) is 0 Å². The average Bonchev–Trinajstić information content (AvgIpc) is 2.97. The van der Waals surface area contributed by atoms with Crippen molar-refractivity contribution in [2.75, 3.05) is 26.7 Å². The largest absolute Gasteiger partial charge is 0.482 e. The number of alkyl halides is 3. The van der Waals surface area contributed by atoms with E-state index in [1.165, 1.54) is 23.2 Å². The van der Waals surface area contributed by atoms with Gasteiger partial charge in [-0.3, -0.25) is 4.79 Å². The van der Waals surface area contributed by atoms with Crippen LogP contribution in [0.4, 0.5) is 13.2 Å². The van der Waals surface area contributed by atoms with Crippen molar-refractivity contribution in [3.8, 4) is 5.75 Å². The van der Waals surface area contributed by atoms with Crippen LogP contribution in [0, 0.1) is 0 Å². The number of nitrogens with one attached hydrogen (secondary N) is 1. The number of nitrogens with zero attached hydrogens (tertiary/aromatic N) is 2. The van der Waals surface area contributed by atoms with Gasteiger partial charge in [-0.05, 0) is 25.1 Å². The summed E-state index contributed by atoms with van der Waals surface area (Å²) in [6, 6.07) is 2.75. The molecule has 0 spiro atoms. The van der Waals surface area contributed by atoms with Crippen molar-refractivity contribution in [2.45, 2.75) is 18.6 Å². The summed E-state index contributed by atoms with van der Waals surface area (Å²) in [7, 11) is 1.61. The first kappa shape index (κ1) is 15.6. The predicted octanol–water partition coefficient (Wildman–Crippen LogP) is 1.46. The van der Waals surface area contributed by atoms with Gasteiger partial charge in [0.1, 0.15) is 0 Å². The summed E-state index contributed by atoms with van der Waals surface area (Å²) in [5.74, 6) is -0.598. The maximum Gasteiger partial charge on any atom is 0.422 e. The first-order valence-electron chi connectivity index (χ1n) is 6.51. The molecule has 1 aliphatic rings. The van der Waals surface area contributed by atoms with Gasteiger partial charge < -0.3 is 15.0 Å². The molecular formula is C13H16F3N3O2. The Hall–Kier alpha value is -1.83. The van der Waals surface area contributed by atoms with Crippen LogP contribution in [0.15, 0.2) is 18.3 Å². The Bertz CT molecular complexity index is 502. The summed E-state index contributed by atoms with van der Waals surface area (Å²) in [6.45, 7) is 0.0173. The van der Waals surface area contributed by atoms with Crippen molar-refractivity contribution in [3.05, 3.63) is 24.0 Å². The van der Waals surface area contributed by atoms with Crippen LogP contribution in [-0.2, 0) is 0 Å². The van der Waals surface area contributed by atoms with E-state index in [-0.39, 0.29) is 17.5 Å². The summed E-state index contributed by atoms with van der Waals surface area (Å²) in [5.41, 5.74) is -0.101. The molecule has 2 heterocycles. The van der Waals surface area contributed by atoms with Gasteiger partial charge in [0.2, 0.25) is 0 Å². The molecule has 21 heavy (non-hydrogen) atoms. The van der Waals surface area contributed by atoms with Crippen molar-refractivity contribution in [1.82, 2.24) is 15.2 Å². The summed E-state index contributed by atoms with van der Waals surface area (Å²) in [5, 5.41) is 3.12. The molecule has 0 aromatic carbocycles. The molecule has 1 unspecified atom stereocenters. The minimum Gasteiger partial charge on any atom is -0.482 e. The van der Waals surface area contributed by atoms with Crippen LogP contribution in [0.3, 0.4) is 0 Å². The molecule has 1 aromatic heterocycles. The van der Waals surface area contributed by atoms with Crippen LogP contribution in [-0.4, -0.2) is 54.8 Å². The van der Waals surface area contributed by atoms with Crippen molar-refractivity contribution in [1.29, 1.82) is 0 Å². The summed E-state index contributed by atoms with van der Waals surface area (Å²) >= 11 is 0. The molecule has 0 aliphatic carbocycles. The standard InChI is InChI=1S/C13H16F3N3O2/c1-19(9-4-6-17-7-9)12(20)11-10(3-2-5-18-11)21-8-13(14,15)16/h2-3,5,9,17H,4,6-8H2,1H3. The van der Waals surface area contributed by atoms with Crippen molar-refractivity contribution < 1.29 is 22.7 Å². The Labute approximate surface area is 120 Å². The fourth-order valence-electron chi connectivity index (χ4n) is 2.13. The van der Waals surface area contributed by atoms with Crippen LogP contribution in [0.1, 0.15) is 16.9 Å². The lowest BCUT2D eigenvalue weighted by Crippen LogP contribution is -2.39. The fraction of sp³-hybridized carbons (Fsp3) is 0.538. The van der Waals surface area contributed by atoms with Crippen LogP contribution in [0.25, 0.3) is 0 Å². The van der Waals surface area contributed by atoms with Gasteiger partial charge in [-0.15, -0.1) is 0 Å². The molecule has 1 aromatic rings. The molecular weight excluding hydrogens is 287 g/mol. The molecule has 5 nitrogen and oxygen atoms in total. The minimum absolute atomic E-state index is 0.00923. The Morgan fingerprint density at radius 1 is 1.57 bits per heavy atom. The van der Waals surface area contributed by atoms with Crippen LogP contribution >= 0.6 is 0 Å². The third-order valence-electron chi connectivity index (χ3n) is 3.27. The Balaban J connectivity index is 2.12. The lowest BCUT2D eigenvalue weighted by Gasteiger charge is -2.24. The number of pyridine rings is 1. The van der Waals surface area contributed by atoms with Crippen LogP contribution in [0.5, 0.6) is 5.75 Å². The van der Waals surface area contributed by atoms with E-state index in [2.05, 4.69) is 15.0 Å². The normalized spacial score (nSPS) is 18.6. The zero-order chi connectivity index (χ0) is 15.5. The quantitative estimate of drug-likeness (QED) is 0.915. The number of hydrogen-bond acceptors (Lipinski definition) is 4. The molecule has 1 atom stereocenters. The highest BCUT2D eigenvalue weighted by Crippen LogP contribution is 2.22. The number of carbonyl (C=O) groups is 1. The molecule has 1 aliphatic heterocycles. The Morgan fingerprint density at radius 2 is 2.33 bits per heavy atom. The third-order valence-corrected chi connectivity index (χ3v) is 3.27. The highest BCUT2D eigenvalue weighted by Gasteiger charge is 2.31. The van der Waals surface area contributed by atoms with E-state index in [0.29, 0.717) is 6.54 Å². The molecule has 1 amide bonds. The maximum absolute atomic E-state index is 12.4. The molecule has 2 rings (SSSR count). The highest BCUT2D eigenvalue weighted by atomic mass is 19.4. The zero-order valence-electron chi connectivity index (χ0n) is 11.5. The number of ether oxygens (including phenoxy) is 1. The smallest absolute Gasteiger partial charge is 0.422 e. The average molecular weight is 303 g/mol. The number of carbonyl (C=O) groups excluding carboxylic acids is 1. The number of halogens is 3. The number of rotatable bonds is 4. The van der Waals surface area contributed by atoms with Gasteiger partial charge in [0, 0.05) is 25.8 Å². The third kappa shape index (κ3) is 4.07. The number of likely N-dealkylation sites (N-methyl/N-ethyl adjacent to an activating group) is 1. The van der Waals surface area contributed by atoms with Gasteiger partial charge >= 0.3 is 6.18 Å². The van der Waals surface area contributed by atoms with Gasteiger partial charge in [0.15, 0.2) is 18.1 Å². The van der Waals surface area contributed by atoms with E-state index >= 15 is 0 Å². The van der Waals surface area contributed by atoms with Gasteiger partial charge in [-0.2, -0.15) is 13.2 Å². The van der Waals surface area contributed by atoms with E-state index in [9.17, 15) is 18.0 Å². The summed E-state index contributed by atoms with van der Waals surface area (Å²) in [6.07, 6.45) is -2.31. The van der Waals surface area contributed by atoms with E-state index in [0.717, 1.165) is 13.0 Å². The van der Waals surface area contributed by atoms with E-state index in [1.807, 2.05) is 0 Å². The van der Waals surface area contributed by atoms with E-state index < -0.39 is 18.7 Å². The number of amides is 1. The second-order valence-corrected chi connectivity index (χ2v) is 4.82. The number of hydrogen-bond donors (Lipinski definition) is 1. The van der Waals surface area contributed by atoms with Crippen molar-refractivity contribution >= 4 is 5.91 Å². The number of aromatic nitrogens is 1. The van der Waals surface area contributed by atoms with Gasteiger partial charge in [0.05, 0.1) is 0 Å². The monoisotopic (exact) mass is 303 g/mol.